The number of benzene rings is 2. The zero-order valence-electron chi connectivity index (χ0n) is 12.2. The molecule has 1 atom stereocenters. The molecule has 2 N–H and O–H groups in total. The molecule has 112 valence electrons. The average molecular weight is 303 g/mol. The van der Waals surface area contributed by atoms with Gasteiger partial charge in [0.15, 0.2) is 9.84 Å². The highest BCUT2D eigenvalue weighted by Crippen LogP contribution is 2.29. The average Bonchev–Trinajstić information content (AvgIpc) is 2.48. The Bertz CT molecular complexity index is 681. The molecule has 0 fully saturated rings. The van der Waals surface area contributed by atoms with Crippen LogP contribution < -0.4 is 5.73 Å². The van der Waals surface area contributed by atoms with Gasteiger partial charge in [0.1, 0.15) is 0 Å². The Morgan fingerprint density at radius 3 is 2.24 bits per heavy atom. The van der Waals surface area contributed by atoms with Crippen LogP contribution in [0.1, 0.15) is 28.4 Å². The van der Waals surface area contributed by atoms with Gasteiger partial charge in [-0.05, 0) is 36.6 Å². The first-order chi connectivity index (χ1) is 10.0. The van der Waals surface area contributed by atoms with Crippen LogP contribution in [-0.4, -0.2) is 15.0 Å². The molecule has 0 saturated heterocycles. The number of aryl methyl sites for hydroxylation is 1. The van der Waals surface area contributed by atoms with E-state index < -0.39 is 15.1 Å². The van der Waals surface area contributed by atoms with Crippen LogP contribution in [0.15, 0.2) is 54.6 Å². The van der Waals surface area contributed by atoms with Crippen LogP contribution in [0.4, 0.5) is 0 Å². The van der Waals surface area contributed by atoms with Gasteiger partial charge >= 0.3 is 0 Å². The number of hydrogen-bond donors (Lipinski definition) is 1. The van der Waals surface area contributed by atoms with E-state index in [4.69, 9.17) is 5.73 Å². The predicted octanol–water partition coefficient (Wildman–Crippen LogP) is 3.00. The fraction of sp³-hybridized carbons (Fsp3) is 0.294. The Labute approximate surface area is 126 Å². The van der Waals surface area contributed by atoms with Crippen LogP contribution in [-0.2, 0) is 15.6 Å². The lowest BCUT2D eigenvalue weighted by atomic mass is 10.1. The molecule has 2 aromatic rings. The largest absolute Gasteiger partial charge is 0.330 e. The Hall–Kier alpha value is -1.65. The minimum Gasteiger partial charge on any atom is -0.330 e. The van der Waals surface area contributed by atoms with Gasteiger partial charge in [-0.1, -0.05) is 54.6 Å². The maximum atomic E-state index is 12.8. The maximum absolute atomic E-state index is 12.8. The van der Waals surface area contributed by atoms with Gasteiger partial charge in [-0.25, -0.2) is 8.42 Å². The summed E-state index contributed by atoms with van der Waals surface area (Å²) in [6.07, 6.45) is 0.443. The van der Waals surface area contributed by atoms with E-state index in [1.54, 1.807) is 0 Å². The third-order valence-corrected chi connectivity index (χ3v) is 5.74. The van der Waals surface area contributed by atoms with Crippen molar-refractivity contribution in [3.63, 3.8) is 0 Å². The molecule has 21 heavy (non-hydrogen) atoms. The highest BCUT2D eigenvalue weighted by atomic mass is 32.2. The Kier molecular flexibility index (Phi) is 5.15. The molecule has 0 spiro atoms. The summed E-state index contributed by atoms with van der Waals surface area (Å²) in [4.78, 5) is 0. The molecule has 1 unspecified atom stereocenters. The number of hydrogen-bond acceptors (Lipinski definition) is 3. The van der Waals surface area contributed by atoms with E-state index >= 15 is 0 Å². The van der Waals surface area contributed by atoms with Gasteiger partial charge < -0.3 is 5.73 Å². The van der Waals surface area contributed by atoms with E-state index in [0.29, 0.717) is 13.0 Å². The van der Waals surface area contributed by atoms with Crippen molar-refractivity contribution in [2.75, 3.05) is 6.54 Å². The van der Waals surface area contributed by atoms with Crippen LogP contribution in [0.2, 0.25) is 0 Å². The summed E-state index contributed by atoms with van der Waals surface area (Å²) in [6.45, 7) is 2.29. The summed E-state index contributed by atoms with van der Waals surface area (Å²) in [5.74, 6) is 0.0548. The van der Waals surface area contributed by atoms with Crippen molar-refractivity contribution in [2.45, 2.75) is 24.3 Å². The van der Waals surface area contributed by atoms with Crippen LogP contribution in [0.5, 0.6) is 0 Å². The lowest BCUT2D eigenvalue weighted by molar-refractivity contribution is 0.575. The molecule has 2 rings (SSSR count). The summed E-state index contributed by atoms with van der Waals surface area (Å²) < 4.78 is 25.6. The van der Waals surface area contributed by atoms with Gasteiger partial charge in [0, 0.05) is 0 Å². The van der Waals surface area contributed by atoms with Gasteiger partial charge in [0.05, 0.1) is 11.0 Å². The van der Waals surface area contributed by atoms with Crippen LogP contribution in [0.3, 0.4) is 0 Å². The topological polar surface area (TPSA) is 60.2 Å². The van der Waals surface area contributed by atoms with Crippen LogP contribution in [0.25, 0.3) is 0 Å². The third kappa shape index (κ3) is 3.93. The first-order valence-corrected chi connectivity index (χ1v) is 8.77. The van der Waals surface area contributed by atoms with Gasteiger partial charge in [-0.2, -0.15) is 0 Å². The molecule has 0 radical (unpaired) electrons. The van der Waals surface area contributed by atoms with Crippen molar-refractivity contribution in [2.24, 2.45) is 5.73 Å². The van der Waals surface area contributed by atoms with Gasteiger partial charge in [-0.3, -0.25) is 0 Å². The Morgan fingerprint density at radius 1 is 1.00 bits per heavy atom. The fourth-order valence-electron chi connectivity index (χ4n) is 2.46. The Morgan fingerprint density at radius 2 is 1.62 bits per heavy atom. The summed E-state index contributed by atoms with van der Waals surface area (Å²) in [5.41, 5.74) is 8.30. The highest BCUT2D eigenvalue weighted by molar-refractivity contribution is 7.90. The smallest absolute Gasteiger partial charge is 0.161 e. The molecule has 0 aliphatic heterocycles. The maximum Gasteiger partial charge on any atom is 0.161 e. The second-order valence-corrected chi connectivity index (χ2v) is 7.39. The predicted molar refractivity (Wildman–Crippen MR) is 86.7 cm³/mol. The lowest BCUT2D eigenvalue weighted by Gasteiger charge is -2.18. The van der Waals surface area contributed by atoms with Crippen molar-refractivity contribution < 1.29 is 8.42 Å². The zero-order valence-corrected chi connectivity index (χ0v) is 13.0. The quantitative estimate of drug-likeness (QED) is 0.892. The zero-order chi connectivity index (χ0) is 15.3. The van der Waals surface area contributed by atoms with E-state index in [-0.39, 0.29) is 5.75 Å². The summed E-state index contributed by atoms with van der Waals surface area (Å²) >= 11 is 0. The standard InChI is InChI=1S/C17H21NO2S/c1-14-7-5-6-10-16(14)13-21(19,20)17(11-12-18)15-8-3-2-4-9-15/h2-10,17H,11-13,18H2,1H3. The molecule has 0 aliphatic rings. The third-order valence-electron chi connectivity index (χ3n) is 3.65. The van der Waals surface area contributed by atoms with Crippen molar-refractivity contribution in [3.8, 4) is 0 Å². The van der Waals surface area contributed by atoms with Crippen LogP contribution >= 0.6 is 0 Å². The molecule has 0 aromatic heterocycles. The van der Waals surface area contributed by atoms with Gasteiger partial charge in [-0.15, -0.1) is 0 Å². The fourth-order valence-corrected chi connectivity index (χ4v) is 4.49. The monoisotopic (exact) mass is 303 g/mol. The minimum atomic E-state index is -3.29. The second-order valence-electron chi connectivity index (χ2n) is 5.21. The van der Waals surface area contributed by atoms with Gasteiger partial charge in [0.2, 0.25) is 0 Å². The van der Waals surface area contributed by atoms with Crippen molar-refractivity contribution in [1.29, 1.82) is 0 Å². The first-order valence-electron chi connectivity index (χ1n) is 7.05. The van der Waals surface area contributed by atoms with Crippen molar-refractivity contribution in [1.82, 2.24) is 0 Å². The summed E-state index contributed by atoms with van der Waals surface area (Å²) in [6, 6.07) is 16.9. The molecular formula is C17H21NO2S. The molecule has 0 aliphatic carbocycles. The van der Waals surface area contributed by atoms with E-state index in [9.17, 15) is 8.42 Å². The molecule has 0 saturated carbocycles. The normalized spacial score (nSPS) is 13.0. The SMILES string of the molecule is Cc1ccccc1CS(=O)(=O)C(CCN)c1ccccc1. The Balaban J connectivity index is 2.33. The van der Waals surface area contributed by atoms with E-state index in [1.165, 1.54) is 0 Å². The molecule has 0 heterocycles. The summed E-state index contributed by atoms with van der Waals surface area (Å²) in [7, 11) is -3.29. The van der Waals surface area contributed by atoms with E-state index in [2.05, 4.69) is 0 Å². The minimum absolute atomic E-state index is 0.0548. The van der Waals surface area contributed by atoms with Crippen LogP contribution in [0, 0.1) is 6.92 Å². The number of sulfone groups is 1. The van der Waals surface area contributed by atoms with Crippen molar-refractivity contribution >= 4 is 9.84 Å². The molecule has 4 heteroatoms. The molecule has 3 nitrogen and oxygen atoms in total. The molecule has 0 amide bonds. The second kappa shape index (κ2) is 6.87. The first kappa shape index (κ1) is 15.7. The lowest BCUT2D eigenvalue weighted by Crippen LogP contribution is -2.19. The molecular weight excluding hydrogens is 282 g/mol. The highest BCUT2D eigenvalue weighted by Gasteiger charge is 2.27. The van der Waals surface area contributed by atoms with Gasteiger partial charge in [0.25, 0.3) is 0 Å². The summed E-state index contributed by atoms with van der Waals surface area (Å²) in [5, 5.41) is -0.539. The number of rotatable bonds is 6. The van der Waals surface area contributed by atoms with E-state index in [1.807, 2.05) is 61.5 Å². The number of nitrogens with two attached hydrogens (primary N) is 1. The molecule has 2 aromatic carbocycles. The van der Waals surface area contributed by atoms with E-state index in [0.717, 1.165) is 16.7 Å². The molecule has 0 bridgehead atoms. The van der Waals surface area contributed by atoms with Crippen molar-refractivity contribution in [3.05, 3.63) is 71.3 Å².